The molecule has 3 aromatic rings. The summed E-state index contributed by atoms with van der Waals surface area (Å²) in [6.07, 6.45) is 1.45. The van der Waals surface area contributed by atoms with Crippen molar-refractivity contribution >= 4 is 29.3 Å². The van der Waals surface area contributed by atoms with E-state index < -0.39 is 11.9 Å². The molecule has 0 aliphatic carbocycles. The van der Waals surface area contributed by atoms with Crippen LogP contribution in [0.1, 0.15) is 20.9 Å². The molecule has 0 bridgehead atoms. The molecule has 0 atom stereocenters. The van der Waals surface area contributed by atoms with Gasteiger partial charge in [-0.25, -0.2) is 9.78 Å². The molecule has 0 aliphatic rings. The SMILES string of the molecule is Cc1nc(-c2ccccc2)sc1/C=C(\NC(=O)c1ccccc1)C(=O)O. The van der Waals surface area contributed by atoms with Gasteiger partial charge in [-0.15, -0.1) is 11.3 Å². The predicted octanol–water partition coefficient (Wildman–Crippen LogP) is 3.97. The molecule has 26 heavy (non-hydrogen) atoms. The van der Waals surface area contributed by atoms with E-state index >= 15 is 0 Å². The van der Waals surface area contributed by atoms with Gasteiger partial charge in [-0.05, 0) is 25.1 Å². The Hall–Kier alpha value is -3.25. The quantitative estimate of drug-likeness (QED) is 0.671. The standard InChI is InChI=1S/C20H16N2O3S/c1-13-17(26-19(21-13)15-10-6-3-7-11-15)12-16(20(24)25)22-18(23)14-8-4-2-5-9-14/h2-12H,1H3,(H,22,23)(H,24,25)/b16-12-. The number of hydrogen-bond donors (Lipinski definition) is 2. The number of benzene rings is 2. The van der Waals surface area contributed by atoms with E-state index in [0.717, 1.165) is 10.6 Å². The van der Waals surface area contributed by atoms with Gasteiger partial charge in [-0.2, -0.15) is 0 Å². The minimum absolute atomic E-state index is 0.190. The molecule has 1 heterocycles. The third-order valence-electron chi connectivity index (χ3n) is 3.64. The number of amides is 1. The molecule has 0 fully saturated rings. The minimum atomic E-state index is -1.21. The number of rotatable bonds is 5. The lowest BCUT2D eigenvalue weighted by Crippen LogP contribution is -2.27. The average Bonchev–Trinajstić information content (AvgIpc) is 3.03. The van der Waals surface area contributed by atoms with Gasteiger partial charge in [-0.1, -0.05) is 48.5 Å². The zero-order chi connectivity index (χ0) is 18.5. The lowest BCUT2D eigenvalue weighted by atomic mass is 10.2. The number of carbonyl (C=O) groups excluding carboxylic acids is 1. The second-order valence-electron chi connectivity index (χ2n) is 5.52. The van der Waals surface area contributed by atoms with E-state index in [4.69, 9.17) is 0 Å². The van der Waals surface area contributed by atoms with Gasteiger partial charge >= 0.3 is 5.97 Å². The Bertz CT molecular complexity index is 963. The number of carboxylic acids is 1. The Morgan fingerprint density at radius 1 is 1.04 bits per heavy atom. The zero-order valence-electron chi connectivity index (χ0n) is 14.0. The Morgan fingerprint density at radius 3 is 2.27 bits per heavy atom. The number of carbonyl (C=O) groups is 2. The predicted molar refractivity (Wildman–Crippen MR) is 102 cm³/mol. The Kier molecular flexibility index (Phi) is 5.24. The van der Waals surface area contributed by atoms with Crippen molar-refractivity contribution in [2.24, 2.45) is 0 Å². The molecule has 6 heteroatoms. The van der Waals surface area contributed by atoms with Crippen molar-refractivity contribution in [3.05, 3.63) is 82.5 Å². The molecule has 0 spiro atoms. The van der Waals surface area contributed by atoms with Crippen LogP contribution in [0.25, 0.3) is 16.6 Å². The largest absolute Gasteiger partial charge is 0.477 e. The number of aryl methyl sites for hydroxylation is 1. The number of hydrogen-bond acceptors (Lipinski definition) is 4. The fourth-order valence-electron chi connectivity index (χ4n) is 2.31. The molecule has 0 saturated carbocycles. The number of aliphatic carboxylic acids is 1. The van der Waals surface area contributed by atoms with Crippen LogP contribution in [-0.4, -0.2) is 22.0 Å². The van der Waals surface area contributed by atoms with Crippen molar-refractivity contribution in [1.29, 1.82) is 0 Å². The van der Waals surface area contributed by atoms with Crippen LogP contribution in [-0.2, 0) is 4.79 Å². The summed E-state index contributed by atoms with van der Waals surface area (Å²) in [4.78, 5) is 29.0. The van der Waals surface area contributed by atoms with E-state index in [0.29, 0.717) is 16.1 Å². The third-order valence-corrected chi connectivity index (χ3v) is 4.80. The van der Waals surface area contributed by atoms with Crippen LogP contribution in [0.2, 0.25) is 0 Å². The van der Waals surface area contributed by atoms with Crippen LogP contribution in [0, 0.1) is 6.92 Å². The molecule has 5 nitrogen and oxygen atoms in total. The molecule has 2 N–H and O–H groups in total. The maximum Gasteiger partial charge on any atom is 0.352 e. The molecular formula is C20H16N2O3S. The highest BCUT2D eigenvalue weighted by Gasteiger charge is 2.15. The Balaban J connectivity index is 1.89. The maximum atomic E-state index is 12.2. The molecule has 1 amide bonds. The topological polar surface area (TPSA) is 79.3 Å². The Morgan fingerprint density at radius 2 is 1.65 bits per heavy atom. The van der Waals surface area contributed by atoms with Gasteiger partial charge in [0.1, 0.15) is 10.7 Å². The summed E-state index contributed by atoms with van der Waals surface area (Å²) in [7, 11) is 0. The lowest BCUT2D eigenvalue weighted by molar-refractivity contribution is -0.132. The van der Waals surface area contributed by atoms with Gasteiger partial charge in [0.2, 0.25) is 0 Å². The van der Waals surface area contributed by atoms with Crippen molar-refractivity contribution in [2.45, 2.75) is 6.92 Å². The number of carboxylic acid groups (broad SMARTS) is 1. The lowest BCUT2D eigenvalue weighted by Gasteiger charge is -2.05. The molecule has 130 valence electrons. The molecule has 0 unspecified atom stereocenters. The first-order valence-electron chi connectivity index (χ1n) is 7.89. The second-order valence-corrected chi connectivity index (χ2v) is 6.55. The fraction of sp³-hybridized carbons (Fsp3) is 0.0500. The number of aromatic nitrogens is 1. The average molecular weight is 364 g/mol. The summed E-state index contributed by atoms with van der Waals surface area (Å²) in [5.74, 6) is -1.67. The summed E-state index contributed by atoms with van der Waals surface area (Å²) in [6.45, 7) is 1.81. The van der Waals surface area contributed by atoms with Crippen LogP contribution in [0.3, 0.4) is 0 Å². The molecule has 1 aromatic heterocycles. The van der Waals surface area contributed by atoms with E-state index in [-0.39, 0.29) is 5.70 Å². The first-order chi connectivity index (χ1) is 12.5. The summed E-state index contributed by atoms with van der Waals surface area (Å²) in [5, 5.41) is 12.7. The maximum absolute atomic E-state index is 12.2. The van der Waals surface area contributed by atoms with E-state index in [9.17, 15) is 14.7 Å². The summed E-state index contributed by atoms with van der Waals surface area (Å²) in [6, 6.07) is 18.1. The Labute approximate surface area is 154 Å². The van der Waals surface area contributed by atoms with Crippen molar-refractivity contribution in [2.75, 3.05) is 0 Å². The van der Waals surface area contributed by atoms with Gasteiger partial charge in [0.25, 0.3) is 5.91 Å². The number of nitrogens with one attached hydrogen (secondary N) is 1. The molecule has 0 saturated heterocycles. The van der Waals surface area contributed by atoms with Crippen molar-refractivity contribution in [3.63, 3.8) is 0 Å². The zero-order valence-corrected chi connectivity index (χ0v) is 14.8. The summed E-state index contributed by atoms with van der Waals surface area (Å²) in [5.41, 5.74) is 1.88. The van der Waals surface area contributed by atoms with Crippen LogP contribution < -0.4 is 5.32 Å². The van der Waals surface area contributed by atoms with Gasteiger partial charge in [0.15, 0.2) is 0 Å². The second kappa shape index (κ2) is 7.76. The highest BCUT2D eigenvalue weighted by molar-refractivity contribution is 7.16. The molecule has 2 aromatic carbocycles. The summed E-state index contributed by atoms with van der Waals surface area (Å²) < 4.78 is 0. The smallest absolute Gasteiger partial charge is 0.352 e. The van der Waals surface area contributed by atoms with Crippen molar-refractivity contribution in [1.82, 2.24) is 10.3 Å². The van der Waals surface area contributed by atoms with Gasteiger partial charge in [-0.3, -0.25) is 4.79 Å². The fourth-order valence-corrected chi connectivity index (χ4v) is 3.33. The molecule has 0 aliphatic heterocycles. The van der Waals surface area contributed by atoms with Crippen LogP contribution in [0.5, 0.6) is 0 Å². The van der Waals surface area contributed by atoms with E-state index in [1.165, 1.54) is 17.4 Å². The van der Waals surface area contributed by atoms with Crippen molar-refractivity contribution in [3.8, 4) is 10.6 Å². The first-order valence-corrected chi connectivity index (χ1v) is 8.70. The minimum Gasteiger partial charge on any atom is -0.477 e. The first kappa shape index (κ1) is 17.6. The number of thiazole rings is 1. The number of nitrogens with zero attached hydrogens (tertiary/aromatic N) is 1. The van der Waals surface area contributed by atoms with Gasteiger partial charge < -0.3 is 10.4 Å². The molecule has 3 rings (SSSR count). The highest BCUT2D eigenvalue weighted by Crippen LogP contribution is 2.29. The normalized spacial score (nSPS) is 11.2. The molecule has 0 radical (unpaired) electrons. The van der Waals surface area contributed by atoms with E-state index in [1.54, 1.807) is 30.3 Å². The summed E-state index contributed by atoms with van der Waals surface area (Å²) >= 11 is 1.38. The monoisotopic (exact) mass is 364 g/mol. The van der Waals surface area contributed by atoms with Crippen molar-refractivity contribution < 1.29 is 14.7 Å². The van der Waals surface area contributed by atoms with Crippen LogP contribution in [0.4, 0.5) is 0 Å². The van der Waals surface area contributed by atoms with Gasteiger partial charge in [0.05, 0.1) is 10.6 Å². The molecular weight excluding hydrogens is 348 g/mol. The van der Waals surface area contributed by atoms with Crippen LogP contribution in [0.15, 0.2) is 66.4 Å². The van der Waals surface area contributed by atoms with E-state index in [2.05, 4.69) is 10.3 Å². The highest BCUT2D eigenvalue weighted by atomic mass is 32.1. The third kappa shape index (κ3) is 4.04. The van der Waals surface area contributed by atoms with Crippen LogP contribution >= 0.6 is 11.3 Å². The van der Waals surface area contributed by atoms with E-state index in [1.807, 2.05) is 37.3 Å². The van der Waals surface area contributed by atoms with Gasteiger partial charge in [0, 0.05) is 11.1 Å².